The maximum absolute atomic E-state index is 12.4. The number of aromatic nitrogens is 2. The number of imidazole rings is 1. The lowest BCUT2D eigenvalue weighted by Crippen LogP contribution is -2.32. The molecule has 0 fully saturated rings. The molecule has 0 spiro atoms. The molecule has 0 saturated heterocycles. The number of benzene rings is 2. The Balaban J connectivity index is 1.22. The van der Waals surface area contributed by atoms with E-state index in [4.69, 9.17) is 0 Å². The number of aryl methyl sites for hydroxylation is 1. The van der Waals surface area contributed by atoms with Gasteiger partial charge >= 0.3 is 0 Å². The zero-order valence-corrected chi connectivity index (χ0v) is 16.2. The van der Waals surface area contributed by atoms with Gasteiger partial charge in [-0.25, -0.2) is 4.98 Å². The zero-order chi connectivity index (χ0) is 20.4. The number of carbonyl (C=O) groups is 3. The van der Waals surface area contributed by atoms with Crippen molar-refractivity contribution in [3.8, 4) is 0 Å². The molecule has 7 nitrogen and oxygen atoms in total. The van der Waals surface area contributed by atoms with Gasteiger partial charge in [0.1, 0.15) is 5.82 Å². The molecule has 0 bridgehead atoms. The second kappa shape index (κ2) is 7.87. The van der Waals surface area contributed by atoms with E-state index >= 15 is 0 Å². The van der Waals surface area contributed by atoms with Crippen LogP contribution < -0.4 is 5.32 Å². The molecule has 1 aliphatic rings. The maximum Gasteiger partial charge on any atom is 0.261 e. The van der Waals surface area contributed by atoms with Crippen molar-refractivity contribution in [3.05, 3.63) is 65.0 Å². The molecule has 148 valence electrons. The molecule has 2 N–H and O–H groups in total. The third-order valence-electron chi connectivity index (χ3n) is 5.03. The van der Waals surface area contributed by atoms with E-state index in [1.54, 1.807) is 12.1 Å². The molecule has 0 saturated carbocycles. The number of nitrogens with one attached hydrogen (secondary N) is 2. The number of aromatic amines is 1. The molecule has 7 heteroatoms. The minimum absolute atomic E-state index is 0.103. The SMILES string of the molecule is Cc1ccc2c(c1)C(=O)N(CCCC(=O)NCCc1nc3ccccc3[nH]1)C2=O. The van der Waals surface area contributed by atoms with Crippen LogP contribution >= 0.6 is 0 Å². The van der Waals surface area contributed by atoms with E-state index in [2.05, 4.69) is 15.3 Å². The highest BCUT2D eigenvalue weighted by Crippen LogP contribution is 2.24. The van der Waals surface area contributed by atoms with Crippen LogP contribution in [0.5, 0.6) is 0 Å². The molecule has 0 unspecified atom stereocenters. The van der Waals surface area contributed by atoms with E-state index in [1.165, 1.54) is 4.90 Å². The Morgan fingerprint density at radius 1 is 1.10 bits per heavy atom. The summed E-state index contributed by atoms with van der Waals surface area (Å²) in [6, 6.07) is 13.0. The molecule has 0 radical (unpaired) electrons. The second-order valence-electron chi connectivity index (χ2n) is 7.22. The first-order valence-electron chi connectivity index (χ1n) is 9.70. The fourth-order valence-corrected chi connectivity index (χ4v) is 3.54. The van der Waals surface area contributed by atoms with Crippen molar-refractivity contribution in [1.29, 1.82) is 0 Å². The number of para-hydroxylation sites is 2. The molecule has 3 aromatic rings. The Morgan fingerprint density at radius 3 is 2.72 bits per heavy atom. The van der Waals surface area contributed by atoms with Gasteiger partial charge < -0.3 is 10.3 Å². The normalized spacial score (nSPS) is 13.2. The highest BCUT2D eigenvalue weighted by atomic mass is 16.2. The van der Waals surface area contributed by atoms with Gasteiger partial charge in [0, 0.05) is 25.9 Å². The molecule has 1 aromatic heterocycles. The second-order valence-corrected chi connectivity index (χ2v) is 7.22. The van der Waals surface area contributed by atoms with E-state index < -0.39 is 0 Å². The van der Waals surface area contributed by atoms with E-state index in [0.717, 1.165) is 22.4 Å². The largest absolute Gasteiger partial charge is 0.356 e. The summed E-state index contributed by atoms with van der Waals surface area (Å²) in [7, 11) is 0. The van der Waals surface area contributed by atoms with Gasteiger partial charge in [-0.3, -0.25) is 19.3 Å². The summed E-state index contributed by atoms with van der Waals surface area (Å²) >= 11 is 0. The molecule has 2 aromatic carbocycles. The first kappa shape index (κ1) is 18.9. The van der Waals surface area contributed by atoms with Gasteiger partial charge in [0.25, 0.3) is 11.8 Å². The smallest absolute Gasteiger partial charge is 0.261 e. The number of fused-ring (bicyclic) bond motifs is 2. The van der Waals surface area contributed by atoms with Crippen LogP contribution in [-0.2, 0) is 11.2 Å². The quantitative estimate of drug-likeness (QED) is 0.606. The van der Waals surface area contributed by atoms with Crippen LogP contribution in [0.4, 0.5) is 0 Å². The summed E-state index contributed by atoms with van der Waals surface area (Å²) in [6.07, 6.45) is 1.30. The summed E-state index contributed by atoms with van der Waals surface area (Å²) in [6.45, 7) is 2.60. The van der Waals surface area contributed by atoms with Crippen LogP contribution in [0.3, 0.4) is 0 Å². The summed E-state index contributed by atoms with van der Waals surface area (Å²) in [5.41, 5.74) is 3.71. The predicted octanol–water partition coefficient (Wildman–Crippen LogP) is 2.61. The van der Waals surface area contributed by atoms with Gasteiger partial charge in [-0.1, -0.05) is 23.8 Å². The number of amides is 3. The lowest BCUT2D eigenvalue weighted by atomic mass is 10.1. The van der Waals surface area contributed by atoms with E-state index in [-0.39, 0.29) is 30.7 Å². The molecular formula is C22H22N4O3. The number of hydrogen-bond acceptors (Lipinski definition) is 4. The van der Waals surface area contributed by atoms with Gasteiger partial charge in [-0.05, 0) is 37.6 Å². The molecule has 4 rings (SSSR count). The molecule has 0 aliphatic carbocycles. The van der Waals surface area contributed by atoms with Crippen LogP contribution in [-0.4, -0.2) is 45.7 Å². The molecule has 0 atom stereocenters. The highest BCUT2D eigenvalue weighted by molar-refractivity contribution is 6.21. The van der Waals surface area contributed by atoms with Crippen molar-refractivity contribution >= 4 is 28.8 Å². The maximum atomic E-state index is 12.4. The number of hydrogen-bond donors (Lipinski definition) is 2. The monoisotopic (exact) mass is 390 g/mol. The van der Waals surface area contributed by atoms with E-state index in [0.29, 0.717) is 30.5 Å². The Labute approximate surface area is 168 Å². The van der Waals surface area contributed by atoms with Crippen LogP contribution in [0.15, 0.2) is 42.5 Å². The third-order valence-corrected chi connectivity index (χ3v) is 5.03. The van der Waals surface area contributed by atoms with Crippen molar-refractivity contribution in [1.82, 2.24) is 20.2 Å². The van der Waals surface area contributed by atoms with Crippen LogP contribution in [0.25, 0.3) is 11.0 Å². The Morgan fingerprint density at radius 2 is 1.90 bits per heavy atom. The number of nitrogens with zero attached hydrogens (tertiary/aromatic N) is 2. The van der Waals surface area contributed by atoms with Crippen LogP contribution in [0, 0.1) is 6.92 Å². The van der Waals surface area contributed by atoms with Crippen molar-refractivity contribution in [3.63, 3.8) is 0 Å². The summed E-state index contributed by atoms with van der Waals surface area (Å²) in [5.74, 6) is 0.163. The average Bonchev–Trinajstić information content (AvgIpc) is 3.22. The van der Waals surface area contributed by atoms with Gasteiger partial charge in [-0.15, -0.1) is 0 Å². The van der Waals surface area contributed by atoms with E-state index in [9.17, 15) is 14.4 Å². The Bertz CT molecular complexity index is 1070. The van der Waals surface area contributed by atoms with Crippen LogP contribution in [0.1, 0.15) is 44.9 Å². The molecular weight excluding hydrogens is 368 g/mol. The number of carbonyl (C=O) groups excluding carboxylic acids is 3. The first-order valence-corrected chi connectivity index (χ1v) is 9.70. The van der Waals surface area contributed by atoms with E-state index in [1.807, 2.05) is 37.3 Å². The molecule has 1 aliphatic heterocycles. The molecule has 29 heavy (non-hydrogen) atoms. The Hall–Kier alpha value is -3.48. The van der Waals surface area contributed by atoms with Gasteiger partial charge in [0.05, 0.1) is 22.2 Å². The third kappa shape index (κ3) is 3.89. The summed E-state index contributed by atoms with van der Waals surface area (Å²) < 4.78 is 0. The fourth-order valence-electron chi connectivity index (χ4n) is 3.54. The average molecular weight is 390 g/mol. The zero-order valence-electron chi connectivity index (χ0n) is 16.2. The highest BCUT2D eigenvalue weighted by Gasteiger charge is 2.34. The van der Waals surface area contributed by atoms with Gasteiger partial charge in [0.2, 0.25) is 5.91 Å². The Kier molecular flexibility index (Phi) is 5.12. The van der Waals surface area contributed by atoms with Crippen LogP contribution in [0.2, 0.25) is 0 Å². The van der Waals surface area contributed by atoms with Gasteiger partial charge in [0.15, 0.2) is 0 Å². The van der Waals surface area contributed by atoms with Crippen molar-refractivity contribution in [2.75, 3.05) is 13.1 Å². The topological polar surface area (TPSA) is 95.2 Å². The number of imide groups is 1. The number of rotatable bonds is 7. The van der Waals surface area contributed by atoms with Crippen molar-refractivity contribution < 1.29 is 14.4 Å². The standard InChI is InChI=1S/C22H22N4O3/c1-14-8-9-15-16(13-14)22(29)26(21(15)28)12-4-7-20(27)23-11-10-19-24-17-5-2-3-6-18(17)25-19/h2-3,5-6,8-9,13H,4,7,10-12H2,1H3,(H,23,27)(H,24,25). The minimum atomic E-state index is -0.282. The predicted molar refractivity (Wildman–Crippen MR) is 109 cm³/mol. The minimum Gasteiger partial charge on any atom is -0.356 e. The fraction of sp³-hybridized carbons (Fsp3) is 0.273. The van der Waals surface area contributed by atoms with Crippen molar-refractivity contribution in [2.45, 2.75) is 26.2 Å². The number of H-pyrrole nitrogens is 1. The lowest BCUT2D eigenvalue weighted by Gasteiger charge is -2.13. The summed E-state index contributed by atoms with van der Waals surface area (Å²) in [4.78, 5) is 45.8. The van der Waals surface area contributed by atoms with Gasteiger partial charge in [-0.2, -0.15) is 0 Å². The summed E-state index contributed by atoms with van der Waals surface area (Å²) in [5, 5.41) is 2.86. The molecule has 3 amide bonds. The first-order chi connectivity index (χ1) is 14.0. The lowest BCUT2D eigenvalue weighted by molar-refractivity contribution is -0.121. The molecule has 2 heterocycles. The van der Waals surface area contributed by atoms with Crippen molar-refractivity contribution in [2.24, 2.45) is 0 Å².